The van der Waals surface area contributed by atoms with E-state index in [1.165, 1.54) is 39.7 Å². The highest BCUT2D eigenvalue weighted by Crippen LogP contribution is 2.36. The van der Waals surface area contributed by atoms with Crippen LogP contribution in [0.25, 0.3) is 0 Å². The lowest BCUT2D eigenvalue weighted by atomic mass is 9.78. The number of carbonyl (C=O) groups is 1. The van der Waals surface area contributed by atoms with Crippen LogP contribution in [0.2, 0.25) is 0 Å². The van der Waals surface area contributed by atoms with Crippen LogP contribution in [0.1, 0.15) is 42.0 Å². The molecule has 3 aromatic rings. The van der Waals surface area contributed by atoms with Gasteiger partial charge in [-0.25, -0.2) is 0 Å². The van der Waals surface area contributed by atoms with Crippen molar-refractivity contribution >= 4 is 35.6 Å². The zero-order valence-corrected chi connectivity index (χ0v) is 17.1. The van der Waals surface area contributed by atoms with Crippen LogP contribution in [-0.4, -0.2) is 26.7 Å². The summed E-state index contributed by atoms with van der Waals surface area (Å²) in [5, 5.41) is 14.4. The lowest BCUT2D eigenvalue weighted by molar-refractivity contribution is -0.116. The van der Waals surface area contributed by atoms with E-state index in [1.54, 1.807) is 7.05 Å². The first-order valence-electron chi connectivity index (χ1n) is 8.80. The van der Waals surface area contributed by atoms with E-state index >= 15 is 0 Å². The van der Waals surface area contributed by atoms with Gasteiger partial charge in [0.2, 0.25) is 5.91 Å². The highest BCUT2D eigenvalue weighted by atomic mass is 127. The SMILES string of the molecule is CC.Cn1nnc(NC(=O)C2c3ccccc3Cc3ccccc32)n1.[2H]I. The molecule has 26 heavy (non-hydrogen) atoms. The topological polar surface area (TPSA) is 72.7 Å². The number of aryl methyl sites for hydroxylation is 1. The Bertz CT molecular complexity index is 854. The van der Waals surface area contributed by atoms with Crippen molar-refractivity contribution in [1.82, 2.24) is 20.2 Å². The summed E-state index contributed by atoms with van der Waals surface area (Å²) in [6.07, 6.45) is 0.847. The number of tetrazole rings is 1. The van der Waals surface area contributed by atoms with Gasteiger partial charge >= 0.3 is 0 Å². The maximum Gasteiger partial charge on any atom is 0.270 e. The van der Waals surface area contributed by atoms with Crippen LogP contribution in [0.4, 0.5) is 5.95 Å². The molecule has 0 radical (unpaired) electrons. The molecule has 1 aliphatic carbocycles. The number of nitrogens with zero attached hydrogens (tertiary/aromatic N) is 4. The van der Waals surface area contributed by atoms with Crippen molar-refractivity contribution in [2.75, 3.05) is 5.32 Å². The number of aromatic nitrogens is 4. The molecule has 1 aromatic heterocycles. The molecule has 1 aliphatic rings. The van der Waals surface area contributed by atoms with Crippen molar-refractivity contribution in [3.8, 4) is 0 Å². The molecule has 1 amide bonds. The third-order valence-corrected chi connectivity index (χ3v) is 4.12. The predicted octanol–water partition coefficient (Wildman–Crippen LogP) is 3.53. The summed E-state index contributed by atoms with van der Waals surface area (Å²) < 4.78 is 5.72. The number of rotatable bonds is 2. The van der Waals surface area contributed by atoms with E-state index in [1.807, 2.05) is 50.2 Å². The highest BCUT2D eigenvalue weighted by Gasteiger charge is 2.31. The summed E-state index contributed by atoms with van der Waals surface area (Å²) in [7, 11) is 1.66. The smallest absolute Gasteiger partial charge is 0.270 e. The summed E-state index contributed by atoms with van der Waals surface area (Å²) in [6.45, 7) is 4.00. The highest BCUT2D eigenvalue weighted by molar-refractivity contribution is 14.0. The van der Waals surface area contributed by atoms with Crippen molar-refractivity contribution in [3.63, 3.8) is 0 Å². The number of hydrogen-bond acceptors (Lipinski definition) is 4. The van der Waals surface area contributed by atoms with Gasteiger partial charge in [0.15, 0.2) is 0 Å². The van der Waals surface area contributed by atoms with Crippen molar-refractivity contribution in [1.29, 1.82) is 0.594 Å². The second-order valence-electron chi connectivity index (χ2n) is 5.60. The summed E-state index contributed by atoms with van der Waals surface area (Å²) in [5.41, 5.74) is 4.43. The fourth-order valence-electron chi connectivity index (χ4n) is 3.13. The lowest BCUT2D eigenvalue weighted by Gasteiger charge is -2.27. The Balaban J connectivity index is 0.000000614. The normalized spacial score (nSPS) is 12.2. The Morgan fingerprint density at radius 2 is 1.65 bits per heavy atom. The number of amides is 1. The number of anilines is 1. The fourth-order valence-corrected chi connectivity index (χ4v) is 3.13. The number of nitrogens with one attached hydrogen (secondary N) is 1. The van der Waals surface area contributed by atoms with Gasteiger partial charge in [-0.05, 0) is 33.9 Å². The van der Waals surface area contributed by atoms with E-state index in [-0.39, 0.29) is 17.8 Å². The first-order chi connectivity index (χ1) is 13.2. The monoisotopic (exact) mass is 464 g/mol. The molecule has 0 fully saturated rings. The Kier molecular flexibility index (Phi) is 6.32. The van der Waals surface area contributed by atoms with Gasteiger partial charge in [0, 0.05) is 0 Å². The number of benzene rings is 2. The van der Waals surface area contributed by atoms with Crippen LogP contribution < -0.4 is 5.32 Å². The van der Waals surface area contributed by atoms with Gasteiger partial charge in [0.1, 0.15) is 0.594 Å². The molecule has 1 heterocycles. The molecule has 0 spiro atoms. The van der Waals surface area contributed by atoms with Crippen LogP contribution in [0.3, 0.4) is 0 Å². The predicted molar refractivity (Wildman–Crippen MR) is 112 cm³/mol. The standard InChI is InChI=1S/C17H15N5O.C2H6.HI/c1-22-20-17(19-21-22)18-16(23)15-13-8-4-2-6-11(13)10-12-7-3-5-9-14(12)15;1-2;/h2-9,15H,10H2,1H3,(H,18,20,23);1-2H3;1H/i/hD. The third kappa shape index (κ3) is 3.92. The molecule has 0 bridgehead atoms. The molecule has 0 aliphatic heterocycles. The van der Waals surface area contributed by atoms with Gasteiger partial charge in [-0.2, -0.15) is 4.80 Å². The second kappa shape index (κ2) is 8.88. The number of hydrogen-bond donors (Lipinski definition) is 1. The van der Waals surface area contributed by atoms with Crippen LogP contribution in [0.5, 0.6) is 0 Å². The Morgan fingerprint density at radius 3 is 2.15 bits per heavy atom. The number of carbonyl (C=O) groups excluding carboxylic acids is 1. The Labute approximate surface area is 170 Å². The van der Waals surface area contributed by atoms with Crippen LogP contribution in [-0.2, 0) is 18.3 Å². The van der Waals surface area contributed by atoms with E-state index in [9.17, 15) is 4.79 Å². The van der Waals surface area contributed by atoms with E-state index < -0.39 is 0 Å². The molecule has 1 N–H and O–H groups in total. The summed E-state index contributed by atoms with van der Waals surface area (Å²) in [6, 6.07) is 16.1. The van der Waals surface area contributed by atoms with Gasteiger partial charge in [-0.3, -0.25) is 10.1 Å². The van der Waals surface area contributed by atoms with Crippen molar-refractivity contribution < 1.29 is 4.79 Å². The van der Waals surface area contributed by atoms with E-state index in [0.29, 0.717) is 0 Å². The van der Waals surface area contributed by atoms with E-state index in [4.69, 9.17) is 0.594 Å². The molecule has 0 atom stereocenters. The number of halogens is 1. The van der Waals surface area contributed by atoms with Gasteiger partial charge < -0.3 is 0 Å². The van der Waals surface area contributed by atoms with Gasteiger partial charge in [-0.1, -0.05) is 67.5 Å². The van der Waals surface area contributed by atoms with Crippen molar-refractivity contribution in [2.45, 2.75) is 26.2 Å². The van der Waals surface area contributed by atoms with Gasteiger partial charge in [0.05, 0.1) is 13.0 Å². The second-order valence-corrected chi connectivity index (χ2v) is 5.60. The van der Waals surface area contributed by atoms with Crippen LogP contribution in [0, 0.1) is 0 Å². The first-order valence-corrected chi connectivity index (χ1v) is 8.43. The van der Waals surface area contributed by atoms with Crippen molar-refractivity contribution in [2.24, 2.45) is 7.05 Å². The molecular formula is C19H22IN5O. The summed E-state index contributed by atoms with van der Waals surface area (Å²) in [4.78, 5) is 14.2. The largest absolute Gasteiger partial charge is 0.291 e. The minimum absolute atomic E-state index is 0.141. The van der Waals surface area contributed by atoms with Crippen LogP contribution in [0.15, 0.2) is 48.5 Å². The third-order valence-electron chi connectivity index (χ3n) is 4.12. The maximum atomic E-state index is 12.9. The number of fused-ring (bicyclic) bond motifs is 2. The molecule has 6 nitrogen and oxygen atoms in total. The molecule has 0 saturated carbocycles. The average molecular weight is 464 g/mol. The van der Waals surface area contributed by atoms with Gasteiger partial charge in [0.25, 0.3) is 5.95 Å². The van der Waals surface area contributed by atoms with Crippen molar-refractivity contribution in [3.05, 3.63) is 70.8 Å². The summed E-state index contributed by atoms with van der Waals surface area (Å²) in [5.74, 6) is -0.282. The molecule has 0 saturated heterocycles. The minimum Gasteiger partial charge on any atom is -0.291 e. The fraction of sp³-hybridized carbons (Fsp3) is 0.263. The Morgan fingerprint density at radius 1 is 1.12 bits per heavy atom. The molecule has 0 unspecified atom stereocenters. The molecule has 4 rings (SSSR count). The zero-order valence-electron chi connectivity index (χ0n) is 16.0. The lowest BCUT2D eigenvalue weighted by Crippen LogP contribution is -2.27. The molecule has 136 valence electrons. The zero-order chi connectivity index (χ0) is 19.8. The molecule has 2 aromatic carbocycles. The summed E-state index contributed by atoms with van der Waals surface area (Å²) >= 11 is 1.40. The first kappa shape index (κ1) is 18.5. The van der Waals surface area contributed by atoms with E-state index in [0.717, 1.165) is 17.5 Å². The minimum atomic E-state index is -0.361. The molecule has 7 heteroatoms. The Hall–Kier alpha value is -2.29. The van der Waals surface area contributed by atoms with Crippen LogP contribution >= 0.6 is 23.8 Å². The quantitative estimate of drug-likeness (QED) is 0.590. The van der Waals surface area contributed by atoms with Gasteiger partial charge in [-0.15, -0.1) is 28.9 Å². The molecular weight excluding hydrogens is 441 g/mol. The average Bonchev–Trinajstić information content (AvgIpc) is 3.13. The van der Waals surface area contributed by atoms with E-state index in [2.05, 4.69) is 32.9 Å². The maximum absolute atomic E-state index is 12.9.